The molecule has 1 N–H and O–H groups in total. The van der Waals surface area contributed by atoms with Crippen LogP contribution >= 0.6 is 0 Å². The van der Waals surface area contributed by atoms with Crippen molar-refractivity contribution in [2.24, 2.45) is 11.8 Å². The summed E-state index contributed by atoms with van der Waals surface area (Å²) in [4.78, 5) is 0. The average molecular weight is 289 g/mol. The summed E-state index contributed by atoms with van der Waals surface area (Å²) in [6.45, 7) is 2.74. The van der Waals surface area contributed by atoms with Crippen LogP contribution in [0.2, 0.25) is 0 Å². The number of anilines is 1. The Labute approximate surface area is 116 Å². The van der Waals surface area contributed by atoms with Gasteiger partial charge in [0.25, 0.3) is 0 Å². The highest BCUT2D eigenvalue weighted by atomic mass is 19.4. The van der Waals surface area contributed by atoms with Crippen LogP contribution in [-0.4, -0.2) is 6.54 Å². The third-order valence-electron chi connectivity index (χ3n) is 4.01. The highest BCUT2D eigenvalue weighted by Crippen LogP contribution is 2.32. The molecular weight excluding hydrogens is 270 g/mol. The molecule has 1 nitrogen and oxygen atoms in total. The lowest BCUT2D eigenvalue weighted by atomic mass is 9.83. The second kappa shape index (κ2) is 6.02. The van der Waals surface area contributed by atoms with Gasteiger partial charge in [0.2, 0.25) is 0 Å². The van der Waals surface area contributed by atoms with E-state index in [1.54, 1.807) is 0 Å². The third-order valence-corrected chi connectivity index (χ3v) is 4.01. The van der Waals surface area contributed by atoms with Gasteiger partial charge in [-0.1, -0.05) is 19.8 Å². The largest absolute Gasteiger partial charge is 0.416 e. The molecule has 0 saturated heterocycles. The van der Waals surface area contributed by atoms with Gasteiger partial charge in [0.05, 0.1) is 11.3 Å². The van der Waals surface area contributed by atoms with Gasteiger partial charge in [0.1, 0.15) is 5.82 Å². The van der Waals surface area contributed by atoms with E-state index in [-0.39, 0.29) is 5.69 Å². The Hall–Kier alpha value is -1.26. The molecule has 0 bridgehead atoms. The molecule has 1 aromatic carbocycles. The van der Waals surface area contributed by atoms with Crippen molar-refractivity contribution in [1.82, 2.24) is 0 Å². The molecule has 5 heteroatoms. The molecule has 112 valence electrons. The van der Waals surface area contributed by atoms with E-state index < -0.39 is 17.6 Å². The summed E-state index contributed by atoms with van der Waals surface area (Å²) in [7, 11) is 0. The van der Waals surface area contributed by atoms with Gasteiger partial charge in [0.15, 0.2) is 0 Å². The van der Waals surface area contributed by atoms with Crippen LogP contribution in [0.25, 0.3) is 0 Å². The predicted octanol–water partition coefficient (Wildman–Crippen LogP) is 5.08. The Bertz CT molecular complexity index is 448. The van der Waals surface area contributed by atoms with Gasteiger partial charge in [0, 0.05) is 6.54 Å². The molecule has 0 heterocycles. The van der Waals surface area contributed by atoms with Crippen LogP contribution in [0.3, 0.4) is 0 Å². The maximum absolute atomic E-state index is 13.5. The minimum atomic E-state index is -4.44. The maximum atomic E-state index is 13.5. The molecule has 0 spiro atoms. The molecule has 0 amide bonds. The molecule has 0 aromatic heterocycles. The van der Waals surface area contributed by atoms with Gasteiger partial charge in [-0.2, -0.15) is 13.2 Å². The fourth-order valence-electron chi connectivity index (χ4n) is 2.62. The minimum absolute atomic E-state index is 0.0570. The molecule has 0 unspecified atom stereocenters. The number of nitrogens with one attached hydrogen (secondary N) is 1. The SMILES string of the molecule is CC1CCC(CNc2cc(C(F)(F)F)ccc2F)CC1. The summed E-state index contributed by atoms with van der Waals surface area (Å²) >= 11 is 0. The van der Waals surface area contributed by atoms with Crippen LogP contribution in [0.4, 0.5) is 23.2 Å². The molecule has 1 fully saturated rings. The van der Waals surface area contributed by atoms with Crippen molar-refractivity contribution in [3.63, 3.8) is 0 Å². The van der Waals surface area contributed by atoms with E-state index in [4.69, 9.17) is 0 Å². The molecule has 1 aliphatic rings. The Morgan fingerprint density at radius 2 is 1.80 bits per heavy atom. The molecule has 1 aromatic rings. The van der Waals surface area contributed by atoms with Crippen molar-refractivity contribution in [3.05, 3.63) is 29.6 Å². The minimum Gasteiger partial charge on any atom is -0.382 e. The first-order chi connectivity index (χ1) is 9.36. The number of rotatable bonds is 3. The number of halogens is 4. The zero-order chi connectivity index (χ0) is 14.8. The van der Waals surface area contributed by atoms with Crippen LogP contribution in [0, 0.1) is 17.7 Å². The van der Waals surface area contributed by atoms with Gasteiger partial charge in [-0.3, -0.25) is 0 Å². The van der Waals surface area contributed by atoms with Crippen molar-refractivity contribution in [1.29, 1.82) is 0 Å². The topological polar surface area (TPSA) is 12.0 Å². The van der Waals surface area contributed by atoms with Crippen LogP contribution in [0.1, 0.15) is 38.2 Å². The van der Waals surface area contributed by atoms with Gasteiger partial charge in [-0.05, 0) is 42.9 Å². The monoisotopic (exact) mass is 289 g/mol. The van der Waals surface area contributed by atoms with E-state index in [2.05, 4.69) is 12.2 Å². The third kappa shape index (κ3) is 3.87. The smallest absolute Gasteiger partial charge is 0.382 e. The second-order valence-electron chi connectivity index (χ2n) is 5.70. The predicted molar refractivity (Wildman–Crippen MR) is 71.0 cm³/mol. The molecule has 1 saturated carbocycles. The van der Waals surface area contributed by atoms with E-state index in [1.165, 1.54) is 0 Å². The van der Waals surface area contributed by atoms with Crippen molar-refractivity contribution in [2.75, 3.05) is 11.9 Å². The number of alkyl halides is 3. The highest BCUT2D eigenvalue weighted by molar-refractivity contribution is 5.48. The lowest BCUT2D eigenvalue weighted by Crippen LogP contribution is -2.20. The fourth-order valence-corrected chi connectivity index (χ4v) is 2.62. The Morgan fingerprint density at radius 1 is 1.15 bits per heavy atom. The lowest BCUT2D eigenvalue weighted by Gasteiger charge is -2.26. The lowest BCUT2D eigenvalue weighted by molar-refractivity contribution is -0.137. The molecule has 2 rings (SSSR count). The summed E-state index contributed by atoms with van der Waals surface area (Å²) < 4.78 is 51.3. The summed E-state index contributed by atoms with van der Waals surface area (Å²) in [5, 5.41) is 2.83. The summed E-state index contributed by atoms with van der Waals surface area (Å²) in [5.74, 6) is 0.499. The number of hydrogen-bond acceptors (Lipinski definition) is 1. The highest BCUT2D eigenvalue weighted by Gasteiger charge is 2.31. The first kappa shape index (κ1) is 15.1. The summed E-state index contributed by atoms with van der Waals surface area (Å²) in [6.07, 6.45) is -0.0667. The van der Waals surface area contributed by atoms with Crippen molar-refractivity contribution in [2.45, 2.75) is 38.8 Å². The van der Waals surface area contributed by atoms with Crippen LogP contribution < -0.4 is 5.32 Å². The molecular formula is C15H19F4N. The molecule has 20 heavy (non-hydrogen) atoms. The van der Waals surface area contributed by atoms with Gasteiger partial charge >= 0.3 is 6.18 Å². The Balaban J connectivity index is 1.98. The summed E-state index contributed by atoms with van der Waals surface area (Å²) in [5.41, 5.74) is -0.878. The second-order valence-corrected chi connectivity index (χ2v) is 5.70. The summed E-state index contributed by atoms with van der Waals surface area (Å²) in [6, 6.07) is 2.48. The van der Waals surface area contributed by atoms with E-state index in [1.807, 2.05) is 0 Å². The van der Waals surface area contributed by atoms with Gasteiger partial charge < -0.3 is 5.32 Å². The molecule has 0 aliphatic heterocycles. The van der Waals surface area contributed by atoms with E-state index in [0.29, 0.717) is 12.5 Å². The van der Waals surface area contributed by atoms with Crippen LogP contribution in [0.5, 0.6) is 0 Å². The van der Waals surface area contributed by atoms with Crippen LogP contribution in [0.15, 0.2) is 18.2 Å². The van der Waals surface area contributed by atoms with E-state index in [9.17, 15) is 17.6 Å². The standard InChI is InChI=1S/C15H19F4N/c1-10-2-4-11(5-3-10)9-20-14-8-12(15(17,18)19)6-7-13(14)16/h6-8,10-11,20H,2-5,9H2,1H3. The first-order valence-electron chi connectivity index (χ1n) is 6.97. The zero-order valence-electron chi connectivity index (χ0n) is 11.4. The maximum Gasteiger partial charge on any atom is 0.416 e. The van der Waals surface area contributed by atoms with Crippen molar-refractivity contribution in [3.8, 4) is 0 Å². The Morgan fingerprint density at radius 3 is 2.40 bits per heavy atom. The fraction of sp³-hybridized carbons (Fsp3) is 0.600. The number of hydrogen-bond donors (Lipinski definition) is 1. The molecule has 0 radical (unpaired) electrons. The van der Waals surface area contributed by atoms with Crippen molar-refractivity contribution >= 4 is 5.69 Å². The first-order valence-corrected chi connectivity index (χ1v) is 6.97. The van der Waals surface area contributed by atoms with Gasteiger partial charge in [-0.25, -0.2) is 4.39 Å². The van der Waals surface area contributed by atoms with E-state index >= 15 is 0 Å². The molecule has 1 aliphatic carbocycles. The van der Waals surface area contributed by atoms with Gasteiger partial charge in [-0.15, -0.1) is 0 Å². The quantitative estimate of drug-likeness (QED) is 0.765. The van der Waals surface area contributed by atoms with E-state index in [0.717, 1.165) is 49.8 Å². The zero-order valence-corrected chi connectivity index (χ0v) is 11.4. The van der Waals surface area contributed by atoms with Crippen LogP contribution in [-0.2, 0) is 6.18 Å². The average Bonchev–Trinajstić information content (AvgIpc) is 2.38. The Kier molecular flexibility index (Phi) is 4.55. The normalized spacial score (nSPS) is 23.6. The molecule has 0 atom stereocenters. The van der Waals surface area contributed by atoms with Crippen molar-refractivity contribution < 1.29 is 17.6 Å². The number of benzene rings is 1.